The fraction of sp³-hybridized carbons (Fsp3) is 0.219. The van der Waals surface area contributed by atoms with E-state index in [0.717, 1.165) is 71.7 Å². The molecule has 38 heavy (non-hydrogen) atoms. The summed E-state index contributed by atoms with van der Waals surface area (Å²) in [7, 11) is 2.18. The van der Waals surface area contributed by atoms with Gasteiger partial charge in [-0.2, -0.15) is 0 Å². The van der Waals surface area contributed by atoms with Gasteiger partial charge < -0.3 is 20.0 Å². The number of fused-ring (bicyclic) bond motifs is 3. The van der Waals surface area contributed by atoms with Crippen LogP contribution in [0.15, 0.2) is 89.3 Å². The third-order valence-electron chi connectivity index (χ3n) is 7.35. The van der Waals surface area contributed by atoms with Crippen molar-refractivity contribution in [3.05, 3.63) is 102 Å². The second-order valence-corrected chi connectivity index (χ2v) is 10.2. The lowest BCUT2D eigenvalue weighted by Gasteiger charge is -2.32. The Balaban J connectivity index is 1.20. The molecule has 0 spiro atoms. The summed E-state index contributed by atoms with van der Waals surface area (Å²) < 4.78 is 6.06. The Morgan fingerprint density at radius 2 is 1.63 bits per heavy atom. The first-order valence-corrected chi connectivity index (χ1v) is 13.1. The number of para-hydroxylation sites is 2. The molecule has 0 saturated carbocycles. The van der Waals surface area contributed by atoms with E-state index in [0.29, 0.717) is 11.1 Å². The molecule has 0 aliphatic carbocycles. The van der Waals surface area contributed by atoms with Gasteiger partial charge in [0.1, 0.15) is 11.2 Å². The van der Waals surface area contributed by atoms with Gasteiger partial charge in [-0.25, -0.2) is 0 Å². The molecule has 6 rings (SSSR count). The molecule has 2 heterocycles. The van der Waals surface area contributed by atoms with Crippen LogP contribution in [0.3, 0.4) is 0 Å². The number of nitrogens with zero attached hydrogens (tertiary/aromatic N) is 2. The number of hydrogen-bond acceptors (Lipinski definition) is 5. The first kappa shape index (κ1) is 24.2. The molecular formula is C32H32N4O2. The monoisotopic (exact) mass is 504 g/mol. The Hall–Kier alpha value is -4.13. The van der Waals surface area contributed by atoms with Crippen molar-refractivity contribution in [3.8, 4) is 0 Å². The number of furan rings is 1. The summed E-state index contributed by atoms with van der Waals surface area (Å²) in [5.41, 5.74) is 7.02. The summed E-state index contributed by atoms with van der Waals surface area (Å²) in [5, 5.41) is 8.58. The fourth-order valence-electron chi connectivity index (χ4n) is 5.13. The molecule has 1 fully saturated rings. The molecule has 2 N–H and O–H groups in total. The van der Waals surface area contributed by atoms with Gasteiger partial charge in [0.25, 0.3) is 5.91 Å². The van der Waals surface area contributed by atoms with Gasteiger partial charge in [-0.05, 0) is 61.5 Å². The second kappa shape index (κ2) is 10.3. The SMILES string of the molecule is Cc1ccc(NC(=O)c2cccc3c2oc2ccccc23)cc1Nc1cccc(CN2CCN(C)CC2)c1. The number of piperazine rings is 1. The molecule has 0 bridgehead atoms. The van der Waals surface area contributed by atoms with Crippen molar-refractivity contribution in [2.75, 3.05) is 43.9 Å². The quantitative estimate of drug-likeness (QED) is 0.272. The Morgan fingerprint density at radius 3 is 2.50 bits per heavy atom. The highest BCUT2D eigenvalue weighted by Crippen LogP contribution is 2.31. The Labute approximate surface area is 222 Å². The zero-order chi connectivity index (χ0) is 26.1. The molecule has 1 amide bonds. The van der Waals surface area contributed by atoms with Gasteiger partial charge in [0.15, 0.2) is 0 Å². The first-order chi connectivity index (χ1) is 18.5. The molecule has 5 aromatic rings. The van der Waals surface area contributed by atoms with Crippen molar-refractivity contribution in [2.45, 2.75) is 13.5 Å². The zero-order valence-electron chi connectivity index (χ0n) is 21.8. The van der Waals surface area contributed by atoms with Crippen molar-refractivity contribution >= 4 is 44.9 Å². The molecular weight excluding hydrogens is 472 g/mol. The van der Waals surface area contributed by atoms with Crippen LogP contribution in [0.5, 0.6) is 0 Å². The van der Waals surface area contributed by atoms with Gasteiger partial charge in [-0.15, -0.1) is 0 Å². The predicted octanol–water partition coefficient (Wildman–Crippen LogP) is 6.64. The number of aryl methyl sites for hydroxylation is 1. The highest BCUT2D eigenvalue weighted by molar-refractivity contribution is 6.16. The Bertz CT molecular complexity index is 1610. The number of anilines is 3. The van der Waals surface area contributed by atoms with E-state index in [-0.39, 0.29) is 5.91 Å². The molecule has 1 aliphatic rings. The zero-order valence-corrected chi connectivity index (χ0v) is 21.8. The maximum absolute atomic E-state index is 13.3. The molecule has 0 unspecified atom stereocenters. The number of benzene rings is 4. The predicted molar refractivity (Wildman–Crippen MR) is 155 cm³/mol. The van der Waals surface area contributed by atoms with E-state index < -0.39 is 0 Å². The van der Waals surface area contributed by atoms with E-state index >= 15 is 0 Å². The number of rotatable bonds is 6. The van der Waals surface area contributed by atoms with Crippen LogP contribution in [0.4, 0.5) is 17.1 Å². The lowest BCUT2D eigenvalue weighted by Crippen LogP contribution is -2.43. The van der Waals surface area contributed by atoms with Crippen LogP contribution in [-0.2, 0) is 6.54 Å². The van der Waals surface area contributed by atoms with Gasteiger partial charge in [0, 0.05) is 60.6 Å². The summed E-state index contributed by atoms with van der Waals surface area (Å²) in [6, 6.07) is 28.1. The molecule has 1 aliphatic heterocycles. The van der Waals surface area contributed by atoms with Crippen molar-refractivity contribution in [3.63, 3.8) is 0 Å². The van der Waals surface area contributed by atoms with Crippen LogP contribution in [0.2, 0.25) is 0 Å². The van der Waals surface area contributed by atoms with Gasteiger partial charge in [0.05, 0.1) is 5.56 Å². The van der Waals surface area contributed by atoms with E-state index in [9.17, 15) is 4.79 Å². The summed E-state index contributed by atoms with van der Waals surface area (Å²) in [6.45, 7) is 7.43. The van der Waals surface area contributed by atoms with Gasteiger partial charge in [0.2, 0.25) is 0 Å². The maximum atomic E-state index is 13.3. The third-order valence-corrected chi connectivity index (χ3v) is 7.35. The van der Waals surface area contributed by atoms with E-state index in [1.165, 1.54) is 5.56 Å². The largest absolute Gasteiger partial charge is 0.455 e. The molecule has 6 heteroatoms. The average Bonchev–Trinajstić information content (AvgIpc) is 3.31. The number of likely N-dealkylation sites (N-methyl/N-ethyl adjacent to an activating group) is 1. The average molecular weight is 505 g/mol. The lowest BCUT2D eigenvalue weighted by molar-refractivity contribution is 0.102. The molecule has 4 aromatic carbocycles. The highest BCUT2D eigenvalue weighted by atomic mass is 16.3. The Morgan fingerprint density at radius 1 is 0.842 bits per heavy atom. The van der Waals surface area contributed by atoms with Crippen molar-refractivity contribution in [2.24, 2.45) is 0 Å². The van der Waals surface area contributed by atoms with E-state index in [4.69, 9.17) is 4.42 Å². The lowest BCUT2D eigenvalue weighted by atomic mass is 10.1. The Kier molecular flexibility index (Phi) is 6.58. The third kappa shape index (κ3) is 5.01. The van der Waals surface area contributed by atoms with E-state index in [1.807, 2.05) is 54.6 Å². The number of carbonyl (C=O) groups is 1. The first-order valence-electron chi connectivity index (χ1n) is 13.1. The highest BCUT2D eigenvalue weighted by Gasteiger charge is 2.17. The number of hydrogen-bond donors (Lipinski definition) is 2. The van der Waals surface area contributed by atoms with E-state index in [1.54, 1.807) is 6.07 Å². The van der Waals surface area contributed by atoms with Crippen molar-refractivity contribution < 1.29 is 9.21 Å². The van der Waals surface area contributed by atoms with E-state index in [2.05, 4.69) is 58.7 Å². The standard InChI is InChI=1S/C32H32N4O2/c1-22-13-14-25(34-32(37)28-11-6-10-27-26-9-3-4-12-30(26)38-31(27)28)20-29(22)33-24-8-5-7-23(19-24)21-36-17-15-35(2)16-18-36/h3-14,19-20,33H,15-18,21H2,1-2H3,(H,34,37). The maximum Gasteiger partial charge on any atom is 0.259 e. The second-order valence-electron chi connectivity index (χ2n) is 10.2. The van der Waals surface area contributed by atoms with Gasteiger partial charge >= 0.3 is 0 Å². The summed E-state index contributed by atoms with van der Waals surface area (Å²) >= 11 is 0. The molecule has 192 valence electrons. The minimum absolute atomic E-state index is 0.196. The molecule has 6 nitrogen and oxygen atoms in total. The van der Waals surface area contributed by atoms with Crippen LogP contribution in [0.25, 0.3) is 21.9 Å². The summed E-state index contributed by atoms with van der Waals surface area (Å²) in [4.78, 5) is 18.2. The van der Waals surface area contributed by atoms with Gasteiger partial charge in [-0.1, -0.05) is 48.5 Å². The minimum atomic E-state index is -0.196. The van der Waals surface area contributed by atoms with Crippen molar-refractivity contribution in [1.29, 1.82) is 0 Å². The molecule has 1 saturated heterocycles. The van der Waals surface area contributed by atoms with Gasteiger partial charge in [-0.3, -0.25) is 9.69 Å². The molecule has 0 atom stereocenters. The number of nitrogens with one attached hydrogen (secondary N) is 2. The normalized spacial score (nSPS) is 14.7. The smallest absolute Gasteiger partial charge is 0.259 e. The van der Waals surface area contributed by atoms with Crippen LogP contribution in [0.1, 0.15) is 21.5 Å². The summed E-state index contributed by atoms with van der Waals surface area (Å²) in [6.07, 6.45) is 0. The van der Waals surface area contributed by atoms with Crippen LogP contribution >= 0.6 is 0 Å². The number of carbonyl (C=O) groups excluding carboxylic acids is 1. The summed E-state index contributed by atoms with van der Waals surface area (Å²) in [5.74, 6) is -0.196. The number of amides is 1. The van der Waals surface area contributed by atoms with Crippen LogP contribution in [-0.4, -0.2) is 48.9 Å². The molecule has 0 radical (unpaired) electrons. The minimum Gasteiger partial charge on any atom is -0.455 e. The topological polar surface area (TPSA) is 60.8 Å². The van der Waals surface area contributed by atoms with Crippen LogP contribution in [0, 0.1) is 6.92 Å². The fourth-order valence-corrected chi connectivity index (χ4v) is 5.13. The molecule has 1 aromatic heterocycles. The van der Waals surface area contributed by atoms with Crippen LogP contribution < -0.4 is 10.6 Å². The van der Waals surface area contributed by atoms with Crippen molar-refractivity contribution in [1.82, 2.24) is 9.80 Å².